The van der Waals surface area contributed by atoms with E-state index in [9.17, 15) is 5.11 Å². The van der Waals surface area contributed by atoms with Crippen LogP contribution in [0.3, 0.4) is 0 Å². The van der Waals surface area contributed by atoms with Crippen molar-refractivity contribution in [2.45, 2.75) is 54.6 Å². The second kappa shape index (κ2) is 29.8. The van der Waals surface area contributed by atoms with Gasteiger partial charge in [0.15, 0.2) is 11.5 Å². The maximum atomic E-state index is 9.77. The molecule has 1 rings (SSSR count). The Hall–Kier alpha value is -2.28. The van der Waals surface area contributed by atoms with Crippen molar-refractivity contribution in [3.05, 3.63) is 60.3 Å². The number of aliphatic hydroxyl groups is 1. The predicted molar refractivity (Wildman–Crippen MR) is 157 cm³/mol. The summed E-state index contributed by atoms with van der Waals surface area (Å²) >= 11 is 0. The minimum atomic E-state index is -0.495. The van der Waals surface area contributed by atoms with E-state index in [1.54, 1.807) is 13.2 Å². The molecule has 1 atom stereocenters. The van der Waals surface area contributed by atoms with Crippen LogP contribution < -0.4 is 14.8 Å². The molecule has 206 valence electrons. The van der Waals surface area contributed by atoms with E-state index in [0.29, 0.717) is 18.0 Å². The first kappa shape index (κ1) is 39.9. The molecule has 0 aromatic heterocycles. The van der Waals surface area contributed by atoms with Gasteiger partial charge >= 0.3 is 0 Å². The number of hydrogen-bond donors (Lipinski definition) is 2. The van der Waals surface area contributed by atoms with E-state index < -0.39 is 6.10 Å². The van der Waals surface area contributed by atoms with Crippen LogP contribution in [0.5, 0.6) is 11.5 Å². The standard InChI is InChI=1S/C13H21NO3.C9H15N.C3H9N.2C2H6/c1-4-14(2)9-11(15)10-17-13-8-6-5-7-12(13)16-3;1-5-7-8(3)9(6-2)10-4;1-4(2)3;2*1-2/h5-8,11,15H,4,9-10H2,1-3H3;5-7,10H,1H2,2-4H3;1-3H3;2*1-2H3/b;8-7-,9-6-;;;. The summed E-state index contributed by atoms with van der Waals surface area (Å²) < 4.78 is 10.7. The van der Waals surface area contributed by atoms with Crippen LogP contribution in [0.1, 0.15) is 48.5 Å². The fourth-order valence-electron chi connectivity index (χ4n) is 2.30. The molecule has 0 fully saturated rings. The Balaban J connectivity index is -0.000000227. The summed E-state index contributed by atoms with van der Waals surface area (Å²) in [6, 6.07) is 7.42. The number of allylic oxidation sites excluding steroid dienone is 4. The highest BCUT2D eigenvalue weighted by atomic mass is 16.5. The number of para-hydroxylation sites is 2. The molecule has 0 aliphatic heterocycles. The Morgan fingerprint density at radius 1 is 1.09 bits per heavy atom. The molecule has 2 N–H and O–H groups in total. The Morgan fingerprint density at radius 3 is 1.94 bits per heavy atom. The van der Waals surface area contributed by atoms with E-state index in [-0.39, 0.29) is 6.61 Å². The minimum Gasteiger partial charge on any atom is -0.493 e. The van der Waals surface area contributed by atoms with Crippen LogP contribution in [-0.2, 0) is 0 Å². The number of ether oxygens (including phenoxy) is 2. The average molecular weight is 496 g/mol. The van der Waals surface area contributed by atoms with E-state index in [4.69, 9.17) is 9.47 Å². The summed E-state index contributed by atoms with van der Waals surface area (Å²) in [5.74, 6) is 1.34. The van der Waals surface area contributed by atoms with Gasteiger partial charge in [-0.15, -0.1) is 0 Å². The lowest BCUT2D eigenvalue weighted by Gasteiger charge is -2.19. The second-order valence-corrected chi connectivity index (χ2v) is 7.35. The number of likely N-dealkylation sites (N-methyl/N-ethyl adjacent to an activating group) is 2. The van der Waals surface area contributed by atoms with Gasteiger partial charge in [-0.2, -0.15) is 0 Å². The molecule has 0 saturated carbocycles. The van der Waals surface area contributed by atoms with Gasteiger partial charge in [0.05, 0.1) is 7.11 Å². The fraction of sp³-hybridized carbons (Fsp3) is 0.586. The average Bonchev–Trinajstić information content (AvgIpc) is 2.86. The summed E-state index contributed by atoms with van der Waals surface area (Å²) in [5, 5.41) is 12.8. The van der Waals surface area contributed by atoms with Crippen LogP contribution in [-0.4, -0.2) is 83.1 Å². The highest BCUT2D eigenvalue weighted by Crippen LogP contribution is 2.25. The first-order valence-corrected chi connectivity index (χ1v) is 12.5. The Kier molecular flexibility index (Phi) is 33.9. The van der Waals surface area contributed by atoms with E-state index in [2.05, 4.69) is 11.9 Å². The molecule has 0 aliphatic carbocycles. The lowest BCUT2D eigenvalue weighted by atomic mass is 10.2. The number of rotatable bonds is 10. The van der Waals surface area contributed by atoms with E-state index in [1.165, 1.54) is 5.57 Å². The lowest BCUT2D eigenvalue weighted by Crippen LogP contribution is -2.32. The lowest BCUT2D eigenvalue weighted by molar-refractivity contribution is 0.0767. The minimum absolute atomic E-state index is 0.269. The van der Waals surface area contributed by atoms with Gasteiger partial charge in [0.25, 0.3) is 0 Å². The van der Waals surface area contributed by atoms with Gasteiger partial charge in [-0.05, 0) is 66.3 Å². The van der Waals surface area contributed by atoms with Crippen LogP contribution >= 0.6 is 0 Å². The van der Waals surface area contributed by atoms with Gasteiger partial charge in [0, 0.05) is 19.3 Å². The van der Waals surface area contributed by atoms with Crippen molar-refractivity contribution in [1.29, 1.82) is 0 Å². The number of methoxy groups -OCH3 is 1. The molecule has 35 heavy (non-hydrogen) atoms. The van der Waals surface area contributed by atoms with Crippen LogP contribution in [0, 0.1) is 0 Å². The molecule has 0 saturated heterocycles. The summed E-state index contributed by atoms with van der Waals surface area (Å²) in [6.07, 6.45) is 5.31. The number of aliphatic hydroxyl groups excluding tert-OH is 1. The smallest absolute Gasteiger partial charge is 0.161 e. The molecular weight excluding hydrogens is 438 g/mol. The number of nitrogens with one attached hydrogen (secondary N) is 1. The summed E-state index contributed by atoms with van der Waals surface area (Å²) in [7, 11) is 11.5. The maximum Gasteiger partial charge on any atom is 0.161 e. The molecule has 0 radical (unpaired) electrons. The third-order valence-electron chi connectivity index (χ3n) is 3.91. The molecule has 1 unspecified atom stereocenters. The normalized spacial score (nSPS) is 11.2. The van der Waals surface area contributed by atoms with Crippen molar-refractivity contribution in [2.24, 2.45) is 0 Å². The summed E-state index contributed by atoms with van der Waals surface area (Å²) in [5.41, 5.74) is 2.36. The molecule has 0 aliphatic rings. The van der Waals surface area contributed by atoms with Crippen LogP contribution in [0.25, 0.3) is 0 Å². The van der Waals surface area contributed by atoms with Crippen molar-refractivity contribution >= 4 is 0 Å². The molecule has 0 spiro atoms. The predicted octanol–water partition coefficient (Wildman–Crippen LogP) is 5.86. The van der Waals surface area contributed by atoms with Crippen molar-refractivity contribution in [2.75, 3.05) is 62.0 Å². The zero-order valence-corrected chi connectivity index (χ0v) is 25.1. The van der Waals surface area contributed by atoms with E-state index in [0.717, 1.165) is 12.2 Å². The SMILES string of the molecule is C=C/C=C(C)\C(=C\C)NC.CC.CC.CCN(C)CC(O)COc1ccccc1OC.CN(C)C. The third kappa shape index (κ3) is 26.2. The number of nitrogens with zero attached hydrogens (tertiary/aromatic N) is 2. The van der Waals surface area contributed by atoms with Gasteiger partial charge in [-0.25, -0.2) is 0 Å². The van der Waals surface area contributed by atoms with Crippen LogP contribution in [0.15, 0.2) is 60.3 Å². The molecule has 0 amide bonds. The summed E-state index contributed by atoms with van der Waals surface area (Å²) in [6.45, 7) is 19.5. The Labute approximate surface area is 218 Å². The first-order chi connectivity index (χ1) is 16.7. The van der Waals surface area contributed by atoms with Gasteiger partial charge in [0.1, 0.15) is 12.7 Å². The molecule has 6 nitrogen and oxygen atoms in total. The topological polar surface area (TPSA) is 57.2 Å². The maximum absolute atomic E-state index is 9.77. The number of hydrogen-bond acceptors (Lipinski definition) is 6. The quantitative estimate of drug-likeness (QED) is 0.397. The molecule has 0 bridgehead atoms. The van der Waals surface area contributed by atoms with Crippen LogP contribution in [0.2, 0.25) is 0 Å². The largest absolute Gasteiger partial charge is 0.493 e. The van der Waals surface area contributed by atoms with Crippen molar-refractivity contribution < 1.29 is 14.6 Å². The summed E-state index contributed by atoms with van der Waals surface area (Å²) in [4.78, 5) is 4.04. The highest BCUT2D eigenvalue weighted by molar-refractivity contribution is 5.39. The molecular formula is C29H57N3O3. The second-order valence-electron chi connectivity index (χ2n) is 7.35. The zero-order chi connectivity index (χ0) is 28.2. The fourth-order valence-corrected chi connectivity index (χ4v) is 2.30. The molecule has 0 heterocycles. The van der Waals surface area contributed by atoms with Gasteiger partial charge in [-0.1, -0.05) is 71.6 Å². The molecule has 1 aromatic carbocycles. The van der Waals surface area contributed by atoms with Gasteiger partial charge in [-0.3, -0.25) is 0 Å². The van der Waals surface area contributed by atoms with E-state index in [1.807, 2.05) is 130 Å². The monoisotopic (exact) mass is 495 g/mol. The zero-order valence-electron chi connectivity index (χ0n) is 25.1. The third-order valence-corrected chi connectivity index (χ3v) is 3.91. The van der Waals surface area contributed by atoms with Crippen molar-refractivity contribution in [3.8, 4) is 11.5 Å². The number of benzene rings is 1. The van der Waals surface area contributed by atoms with E-state index >= 15 is 0 Å². The van der Waals surface area contributed by atoms with Gasteiger partial charge < -0.3 is 29.7 Å². The van der Waals surface area contributed by atoms with Crippen molar-refractivity contribution in [3.63, 3.8) is 0 Å². The first-order valence-electron chi connectivity index (χ1n) is 12.5. The Morgan fingerprint density at radius 2 is 1.57 bits per heavy atom. The van der Waals surface area contributed by atoms with Crippen molar-refractivity contribution in [1.82, 2.24) is 15.1 Å². The van der Waals surface area contributed by atoms with Crippen LogP contribution in [0.4, 0.5) is 0 Å². The Bertz CT molecular complexity index is 641. The highest BCUT2D eigenvalue weighted by Gasteiger charge is 2.09. The molecule has 1 aromatic rings. The van der Waals surface area contributed by atoms with Gasteiger partial charge in [0.2, 0.25) is 0 Å². The molecule has 6 heteroatoms.